The van der Waals surface area contributed by atoms with Gasteiger partial charge in [-0.3, -0.25) is 0 Å². The molecular formula is C22H26N2O4. The SMILES string of the molecule is Cc1cccc(OC2CN(C(=O)Nc3ccc(OC[C@@H]4CCCO4)cc3)C2)c1. The van der Waals surface area contributed by atoms with Crippen molar-refractivity contribution in [3.8, 4) is 11.5 Å². The Labute approximate surface area is 165 Å². The zero-order valence-electron chi connectivity index (χ0n) is 16.1. The van der Waals surface area contributed by atoms with Gasteiger partial charge < -0.3 is 24.4 Å². The monoisotopic (exact) mass is 382 g/mol. The van der Waals surface area contributed by atoms with E-state index in [9.17, 15) is 4.79 Å². The first-order valence-corrected chi connectivity index (χ1v) is 9.79. The fraction of sp³-hybridized carbons (Fsp3) is 0.409. The minimum absolute atomic E-state index is 0.0427. The summed E-state index contributed by atoms with van der Waals surface area (Å²) in [6, 6.07) is 15.3. The summed E-state index contributed by atoms with van der Waals surface area (Å²) in [5, 5.41) is 2.91. The van der Waals surface area contributed by atoms with Crippen molar-refractivity contribution >= 4 is 11.7 Å². The highest BCUT2D eigenvalue weighted by Crippen LogP contribution is 2.22. The van der Waals surface area contributed by atoms with E-state index in [1.54, 1.807) is 4.90 Å². The summed E-state index contributed by atoms with van der Waals surface area (Å²) in [6.07, 6.45) is 2.40. The number of carbonyl (C=O) groups excluding carboxylic acids is 1. The summed E-state index contributed by atoms with van der Waals surface area (Å²) < 4.78 is 17.2. The number of anilines is 1. The first kappa shape index (κ1) is 18.6. The number of hydrogen-bond donors (Lipinski definition) is 1. The third-order valence-electron chi connectivity index (χ3n) is 4.99. The molecule has 0 radical (unpaired) electrons. The van der Waals surface area contributed by atoms with E-state index in [4.69, 9.17) is 14.2 Å². The fourth-order valence-corrected chi connectivity index (χ4v) is 3.36. The van der Waals surface area contributed by atoms with Crippen LogP contribution in [0.4, 0.5) is 10.5 Å². The molecule has 1 N–H and O–H groups in total. The van der Waals surface area contributed by atoms with Crippen LogP contribution >= 0.6 is 0 Å². The number of nitrogens with zero attached hydrogens (tertiary/aromatic N) is 1. The van der Waals surface area contributed by atoms with Gasteiger partial charge in [0.1, 0.15) is 24.2 Å². The highest BCUT2D eigenvalue weighted by molar-refractivity contribution is 5.90. The number of hydrogen-bond acceptors (Lipinski definition) is 4. The van der Waals surface area contributed by atoms with E-state index >= 15 is 0 Å². The van der Waals surface area contributed by atoms with Crippen molar-refractivity contribution < 1.29 is 19.0 Å². The average molecular weight is 382 g/mol. The number of aryl methyl sites for hydroxylation is 1. The average Bonchev–Trinajstić information content (AvgIpc) is 3.17. The van der Waals surface area contributed by atoms with Crippen LogP contribution in [0.5, 0.6) is 11.5 Å². The molecule has 6 nitrogen and oxygen atoms in total. The van der Waals surface area contributed by atoms with Gasteiger partial charge in [0.05, 0.1) is 19.2 Å². The van der Waals surface area contributed by atoms with E-state index in [2.05, 4.69) is 5.32 Å². The van der Waals surface area contributed by atoms with E-state index in [-0.39, 0.29) is 18.2 Å². The molecule has 1 atom stereocenters. The van der Waals surface area contributed by atoms with Gasteiger partial charge in [0, 0.05) is 12.3 Å². The molecule has 2 amide bonds. The van der Waals surface area contributed by atoms with Gasteiger partial charge in [-0.05, 0) is 61.7 Å². The number of urea groups is 1. The molecule has 0 bridgehead atoms. The summed E-state index contributed by atoms with van der Waals surface area (Å²) in [5.41, 5.74) is 1.91. The highest BCUT2D eigenvalue weighted by atomic mass is 16.5. The van der Waals surface area contributed by atoms with Crippen molar-refractivity contribution in [2.45, 2.75) is 32.0 Å². The van der Waals surface area contributed by atoms with Crippen LogP contribution in [0.1, 0.15) is 18.4 Å². The van der Waals surface area contributed by atoms with Gasteiger partial charge in [0.25, 0.3) is 0 Å². The summed E-state index contributed by atoms with van der Waals surface area (Å²) >= 11 is 0. The van der Waals surface area contributed by atoms with Crippen LogP contribution in [-0.2, 0) is 4.74 Å². The number of nitrogens with one attached hydrogen (secondary N) is 1. The lowest BCUT2D eigenvalue weighted by atomic mass is 10.1. The standard InChI is InChI=1S/C22H26N2O4/c1-16-4-2-5-19(12-16)28-21-13-24(14-21)22(25)23-17-7-9-18(10-8-17)27-15-20-6-3-11-26-20/h2,4-5,7-10,12,20-21H,3,6,11,13-15H2,1H3,(H,23,25)/t20-/m0/s1. The molecule has 0 unspecified atom stereocenters. The molecule has 28 heavy (non-hydrogen) atoms. The number of likely N-dealkylation sites (tertiary alicyclic amines) is 1. The second kappa shape index (κ2) is 8.52. The molecule has 148 valence electrons. The van der Waals surface area contributed by atoms with Crippen molar-refractivity contribution in [2.75, 3.05) is 31.6 Å². The number of benzene rings is 2. The predicted molar refractivity (Wildman–Crippen MR) is 107 cm³/mol. The van der Waals surface area contributed by atoms with Crippen LogP contribution in [0.15, 0.2) is 48.5 Å². The van der Waals surface area contributed by atoms with Crippen molar-refractivity contribution in [3.05, 3.63) is 54.1 Å². The maximum Gasteiger partial charge on any atom is 0.322 e. The lowest BCUT2D eigenvalue weighted by Crippen LogP contribution is -2.57. The molecular weight excluding hydrogens is 356 g/mol. The number of rotatable bonds is 6. The summed E-state index contributed by atoms with van der Waals surface area (Å²) in [5.74, 6) is 1.63. The molecule has 2 aromatic rings. The highest BCUT2D eigenvalue weighted by Gasteiger charge is 2.32. The minimum atomic E-state index is -0.114. The lowest BCUT2D eigenvalue weighted by molar-refractivity contribution is 0.0492. The Kier molecular flexibility index (Phi) is 5.67. The van der Waals surface area contributed by atoms with E-state index in [1.165, 1.54) is 0 Å². The lowest BCUT2D eigenvalue weighted by Gasteiger charge is -2.38. The largest absolute Gasteiger partial charge is 0.491 e. The maximum absolute atomic E-state index is 12.3. The fourth-order valence-electron chi connectivity index (χ4n) is 3.36. The van der Waals surface area contributed by atoms with Crippen LogP contribution in [0.3, 0.4) is 0 Å². The van der Waals surface area contributed by atoms with Gasteiger partial charge in [-0.15, -0.1) is 0 Å². The first-order chi connectivity index (χ1) is 13.7. The van der Waals surface area contributed by atoms with Crippen LogP contribution in [0, 0.1) is 6.92 Å². The van der Waals surface area contributed by atoms with E-state index < -0.39 is 0 Å². The zero-order chi connectivity index (χ0) is 19.3. The molecule has 4 rings (SSSR count). The summed E-state index contributed by atoms with van der Waals surface area (Å²) in [7, 11) is 0. The maximum atomic E-state index is 12.3. The van der Waals surface area contributed by atoms with Crippen LogP contribution in [0.25, 0.3) is 0 Å². The Morgan fingerprint density at radius 3 is 2.71 bits per heavy atom. The third-order valence-corrected chi connectivity index (χ3v) is 4.99. The van der Waals surface area contributed by atoms with Crippen LogP contribution < -0.4 is 14.8 Å². The van der Waals surface area contributed by atoms with Crippen molar-refractivity contribution in [3.63, 3.8) is 0 Å². The number of carbonyl (C=O) groups is 1. The third kappa shape index (κ3) is 4.75. The van der Waals surface area contributed by atoms with Crippen molar-refractivity contribution in [1.82, 2.24) is 4.90 Å². The molecule has 2 aliphatic rings. The normalized spacial score (nSPS) is 19.2. The first-order valence-electron chi connectivity index (χ1n) is 9.79. The minimum Gasteiger partial charge on any atom is -0.491 e. The quantitative estimate of drug-likeness (QED) is 0.824. The molecule has 0 saturated carbocycles. The van der Waals surface area contributed by atoms with Gasteiger partial charge >= 0.3 is 6.03 Å². The predicted octanol–water partition coefficient (Wildman–Crippen LogP) is 3.85. The number of ether oxygens (including phenoxy) is 3. The Morgan fingerprint density at radius 2 is 2.00 bits per heavy atom. The van der Waals surface area contributed by atoms with Gasteiger partial charge in [0.15, 0.2) is 0 Å². The van der Waals surface area contributed by atoms with E-state index in [0.29, 0.717) is 19.7 Å². The van der Waals surface area contributed by atoms with Crippen LogP contribution in [-0.4, -0.2) is 49.4 Å². The molecule has 2 aliphatic heterocycles. The molecule has 0 aromatic heterocycles. The summed E-state index contributed by atoms with van der Waals surface area (Å²) in [4.78, 5) is 14.1. The summed E-state index contributed by atoms with van der Waals surface area (Å²) in [6.45, 7) is 4.60. The Morgan fingerprint density at radius 1 is 1.18 bits per heavy atom. The zero-order valence-corrected chi connectivity index (χ0v) is 16.1. The van der Waals surface area contributed by atoms with Gasteiger partial charge in [0.2, 0.25) is 0 Å². The molecule has 2 saturated heterocycles. The van der Waals surface area contributed by atoms with E-state index in [1.807, 2.05) is 55.5 Å². The molecule has 2 aromatic carbocycles. The van der Waals surface area contributed by atoms with Crippen LogP contribution in [0.2, 0.25) is 0 Å². The molecule has 0 spiro atoms. The van der Waals surface area contributed by atoms with Crippen molar-refractivity contribution in [1.29, 1.82) is 0 Å². The van der Waals surface area contributed by atoms with Gasteiger partial charge in [-0.1, -0.05) is 12.1 Å². The second-order valence-electron chi connectivity index (χ2n) is 7.36. The Balaban J connectivity index is 1.20. The Hall–Kier alpha value is -2.73. The topological polar surface area (TPSA) is 60.0 Å². The number of amides is 2. The molecule has 2 fully saturated rings. The van der Waals surface area contributed by atoms with E-state index in [0.717, 1.165) is 42.2 Å². The smallest absolute Gasteiger partial charge is 0.322 e. The van der Waals surface area contributed by atoms with Gasteiger partial charge in [-0.25, -0.2) is 4.79 Å². The molecule has 2 heterocycles. The van der Waals surface area contributed by atoms with Gasteiger partial charge in [-0.2, -0.15) is 0 Å². The molecule has 6 heteroatoms. The molecule has 0 aliphatic carbocycles. The van der Waals surface area contributed by atoms with Crippen molar-refractivity contribution in [2.24, 2.45) is 0 Å². The second-order valence-corrected chi connectivity index (χ2v) is 7.36. The Bertz CT molecular complexity index is 796.